The second-order valence-electron chi connectivity index (χ2n) is 4.87. The average Bonchev–Trinajstić information content (AvgIpc) is 2.46. The van der Waals surface area contributed by atoms with E-state index in [-0.39, 0.29) is 6.04 Å². The van der Waals surface area contributed by atoms with Crippen LogP contribution in [-0.4, -0.2) is 43.8 Å². The molecule has 2 rings (SSSR count). The second kappa shape index (κ2) is 6.04. The zero-order valence-corrected chi connectivity index (χ0v) is 12.3. The van der Waals surface area contributed by atoms with Gasteiger partial charge in [-0.1, -0.05) is 6.07 Å². The summed E-state index contributed by atoms with van der Waals surface area (Å²) < 4.78 is 39.8. The topological polar surface area (TPSA) is 92.6 Å². The molecule has 1 fully saturated rings. The molecule has 1 aromatic carbocycles. The van der Waals surface area contributed by atoms with E-state index in [2.05, 4.69) is 5.32 Å². The highest BCUT2D eigenvalue weighted by molar-refractivity contribution is 7.89. The Labute approximate surface area is 122 Å². The fourth-order valence-electron chi connectivity index (χ4n) is 2.38. The molecule has 1 unspecified atom stereocenters. The maximum atomic E-state index is 13.6. The Morgan fingerprint density at radius 1 is 1.48 bits per heavy atom. The molecule has 1 aliphatic heterocycles. The third-order valence-corrected chi connectivity index (χ3v) is 5.52. The van der Waals surface area contributed by atoms with Crippen molar-refractivity contribution in [2.45, 2.75) is 23.8 Å². The lowest BCUT2D eigenvalue weighted by Gasteiger charge is -2.30. The molecular weight excluding hydrogens is 301 g/mol. The van der Waals surface area contributed by atoms with E-state index in [0.29, 0.717) is 13.0 Å². The lowest BCUT2D eigenvalue weighted by Crippen LogP contribution is -2.46. The number of rotatable bonds is 4. The third-order valence-electron chi connectivity index (χ3n) is 3.57. The van der Waals surface area contributed by atoms with Gasteiger partial charge in [-0.25, -0.2) is 8.42 Å². The van der Waals surface area contributed by atoms with Crippen molar-refractivity contribution in [2.75, 3.05) is 20.1 Å². The Morgan fingerprint density at radius 2 is 2.19 bits per heavy atom. The van der Waals surface area contributed by atoms with Crippen molar-refractivity contribution >= 4 is 15.7 Å². The quantitative estimate of drug-likeness (QED) is 0.663. The normalized spacial score (nSPS) is 19.7. The number of nitrogens with one attached hydrogen (secondary N) is 1. The van der Waals surface area contributed by atoms with Crippen molar-refractivity contribution in [1.82, 2.24) is 9.62 Å². The van der Waals surface area contributed by atoms with E-state index in [4.69, 9.17) is 0 Å². The molecule has 21 heavy (non-hydrogen) atoms. The molecular formula is C12H16FN3O4S. The molecule has 0 amide bonds. The molecule has 9 heteroatoms. The van der Waals surface area contributed by atoms with Crippen LogP contribution in [0.3, 0.4) is 0 Å². The first-order valence-electron chi connectivity index (χ1n) is 6.47. The predicted molar refractivity (Wildman–Crippen MR) is 73.9 cm³/mol. The smallest absolute Gasteiger partial charge is 0.315 e. The first-order valence-corrected chi connectivity index (χ1v) is 7.91. The molecule has 1 atom stereocenters. The van der Waals surface area contributed by atoms with Gasteiger partial charge in [-0.15, -0.1) is 0 Å². The van der Waals surface area contributed by atoms with Gasteiger partial charge in [0.2, 0.25) is 15.8 Å². The van der Waals surface area contributed by atoms with Crippen LogP contribution in [0, 0.1) is 15.9 Å². The van der Waals surface area contributed by atoms with Crippen molar-refractivity contribution in [2.24, 2.45) is 0 Å². The minimum atomic E-state index is -4.13. The Balaban J connectivity index is 2.44. The standard InChI is InChI=1S/C12H16FN3O4S/c1-15(9-4-3-7-14-8-9)21(19,20)11-6-2-5-10(13)12(11)16(17)18/h2,5-6,9,14H,3-4,7-8H2,1H3. The van der Waals surface area contributed by atoms with Crippen molar-refractivity contribution < 1.29 is 17.7 Å². The molecule has 1 aromatic rings. The predicted octanol–water partition coefficient (Wildman–Crippen LogP) is 1.11. The van der Waals surface area contributed by atoms with E-state index in [0.717, 1.165) is 35.5 Å². The highest BCUT2D eigenvalue weighted by Crippen LogP contribution is 2.30. The summed E-state index contributed by atoms with van der Waals surface area (Å²) in [4.78, 5) is 9.34. The summed E-state index contributed by atoms with van der Waals surface area (Å²) in [7, 11) is -2.76. The highest BCUT2D eigenvalue weighted by Gasteiger charge is 2.35. The SMILES string of the molecule is CN(C1CCCNC1)S(=O)(=O)c1cccc(F)c1[N+](=O)[O-]. The van der Waals surface area contributed by atoms with Gasteiger partial charge in [0.15, 0.2) is 4.90 Å². The van der Waals surface area contributed by atoms with E-state index >= 15 is 0 Å². The van der Waals surface area contributed by atoms with E-state index in [9.17, 15) is 22.9 Å². The molecule has 1 saturated heterocycles. The Morgan fingerprint density at radius 3 is 2.76 bits per heavy atom. The molecule has 1 aliphatic rings. The van der Waals surface area contributed by atoms with Crippen LogP contribution in [0.15, 0.2) is 23.1 Å². The molecule has 7 nitrogen and oxygen atoms in total. The third kappa shape index (κ3) is 3.04. The van der Waals surface area contributed by atoms with Gasteiger partial charge in [-0.05, 0) is 31.5 Å². The number of halogens is 1. The molecule has 0 aliphatic carbocycles. The molecule has 1 N–H and O–H groups in total. The average molecular weight is 317 g/mol. The summed E-state index contributed by atoms with van der Waals surface area (Å²) in [6.45, 7) is 1.28. The van der Waals surface area contributed by atoms with E-state index < -0.39 is 31.3 Å². The van der Waals surface area contributed by atoms with Crippen LogP contribution in [0.1, 0.15) is 12.8 Å². The first-order chi connectivity index (χ1) is 9.85. The number of nitrogens with zero attached hydrogens (tertiary/aromatic N) is 2. The van der Waals surface area contributed by atoms with Crippen LogP contribution in [0.5, 0.6) is 0 Å². The van der Waals surface area contributed by atoms with Crippen LogP contribution in [0.2, 0.25) is 0 Å². The van der Waals surface area contributed by atoms with Crippen molar-refractivity contribution in [3.63, 3.8) is 0 Å². The maximum Gasteiger partial charge on any atom is 0.324 e. The van der Waals surface area contributed by atoms with Crippen LogP contribution >= 0.6 is 0 Å². The zero-order valence-electron chi connectivity index (χ0n) is 11.5. The van der Waals surface area contributed by atoms with Gasteiger partial charge in [0.1, 0.15) is 0 Å². The van der Waals surface area contributed by atoms with Gasteiger partial charge in [-0.3, -0.25) is 10.1 Å². The summed E-state index contributed by atoms with van der Waals surface area (Å²) in [5.74, 6) is -1.16. The number of likely N-dealkylation sites (N-methyl/N-ethyl adjacent to an activating group) is 1. The van der Waals surface area contributed by atoms with E-state index in [1.54, 1.807) is 0 Å². The largest absolute Gasteiger partial charge is 0.324 e. The fourth-order valence-corrected chi connectivity index (χ4v) is 3.93. The van der Waals surface area contributed by atoms with Gasteiger partial charge in [0, 0.05) is 19.6 Å². The summed E-state index contributed by atoms with van der Waals surface area (Å²) >= 11 is 0. The number of sulfonamides is 1. The minimum Gasteiger partial charge on any atom is -0.315 e. The number of benzene rings is 1. The number of nitro benzene ring substituents is 1. The summed E-state index contributed by atoms with van der Waals surface area (Å²) in [5.41, 5.74) is -1.01. The first kappa shape index (κ1) is 15.8. The second-order valence-corrected chi connectivity index (χ2v) is 6.83. The molecule has 0 saturated carbocycles. The number of hydrogen-bond donors (Lipinski definition) is 1. The fraction of sp³-hybridized carbons (Fsp3) is 0.500. The number of para-hydroxylation sites is 1. The van der Waals surface area contributed by atoms with E-state index in [1.165, 1.54) is 7.05 Å². The molecule has 0 bridgehead atoms. The van der Waals surface area contributed by atoms with Crippen molar-refractivity contribution in [3.05, 3.63) is 34.1 Å². The van der Waals surface area contributed by atoms with Gasteiger partial charge in [0.25, 0.3) is 0 Å². The molecule has 0 radical (unpaired) electrons. The number of nitro groups is 1. The van der Waals surface area contributed by atoms with Crippen LogP contribution in [-0.2, 0) is 10.0 Å². The van der Waals surface area contributed by atoms with Crippen LogP contribution < -0.4 is 5.32 Å². The lowest BCUT2D eigenvalue weighted by atomic mass is 10.1. The Bertz CT molecular complexity index is 644. The van der Waals surface area contributed by atoms with Gasteiger partial charge in [0.05, 0.1) is 4.92 Å². The van der Waals surface area contributed by atoms with Crippen molar-refractivity contribution in [1.29, 1.82) is 0 Å². The minimum absolute atomic E-state index is 0.299. The number of hydrogen-bond acceptors (Lipinski definition) is 5. The summed E-state index contributed by atoms with van der Waals surface area (Å²) in [5, 5.41) is 14.0. The Hall–Kier alpha value is -1.58. The van der Waals surface area contributed by atoms with Gasteiger partial charge in [-0.2, -0.15) is 8.70 Å². The van der Waals surface area contributed by atoms with Crippen LogP contribution in [0.25, 0.3) is 0 Å². The van der Waals surface area contributed by atoms with Gasteiger partial charge >= 0.3 is 5.69 Å². The summed E-state index contributed by atoms with van der Waals surface area (Å²) in [6, 6.07) is 2.79. The monoisotopic (exact) mass is 317 g/mol. The van der Waals surface area contributed by atoms with Gasteiger partial charge < -0.3 is 5.32 Å². The molecule has 1 heterocycles. The van der Waals surface area contributed by atoms with Crippen molar-refractivity contribution in [3.8, 4) is 0 Å². The molecule has 116 valence electrons. The zero-order chi connectivity index (χ0) is 15.6. The molecule has 0 aromatic heterocycles. The highest BCUT2D eigenvalue weighted by atomic mass is 32.2. The molecule has 0 spiro atoms. The Kier molecular flexibility index (Phi) is 4.55. The summed E-state index contributed by atoms with van der Waals surface area (Å²) in [6.07, 6.45) is 1.47. The lowest BCUT2D eigenvalue weighted by molar-refractivity contribution is -0.390. The van der Waals surface area contributed by atoms with E-state index in [1.807, 2.05) is 0 Å². The maximum absolute atomic E-state index is 13.6. The van der Waals surface area contributed by atoms with Crippen LogP contribution in [0.4, 0.5) is 10.1 Å². The number of piperidine rings is 1.